The van der Waals surface area contributed by atoms with Crippen LogP contribution < -0.4 is 20.3 Å². The van der Waals surface area contributed by atoms with E-state index in [-0.39, 0.29) is 11.8 Å². The Morgan fingerprint density at radius 2 is 1.81 bits per heavy atom. The predicted molar refractivity (Wildman–Crippen MR) is 142 cm³/mol. The van der Waals surface area contributed by atoms with E-state index in [1.807, 2.05) is 12.1 Å². The molecule has 2 aliphatic rings. The summed E-state index contributed by atoms with van der Waals surface area (Å²) < 4.78 is 10.6. The van der Waals surface area contributed by atoms with Gasteiger partial charge in [-0.05, 0) is 68.1 Å². The molecule has 194 valence electrons. The van der Waals surface area contributed by atoms with Crippen molar-refractivity contribution in [2.45, 2.75) is 26.2 Å². The first-order valence-corrected chi connectivity index (χ1v) is 13.0. The van der Waals surface area contributed by atoms with Gasteiger partial charge in [0.15, 0.2) is 0 Å². The van der Waals surface area contributed by atoms with Gasteiger partial charge in [-0.15, -0.1) is 0 Å². The van der Waals surface area contributed by atoms with Gasteiger partial charge in [0.25, 0.3) is 11.8 Å². The summed E-state index contributed by atoms with van der Waals surface area (Å²) in [5.74, 6) is 0.961. The second-order valence-electron chi connectivity index (χ2n) is 9.65. The number of methoxy groups -OCH3 is 1. The number of amides is 2. The molecule has 8 heteroatoms. The number of rotatable bonds is 9. The van der Waals surface area contributed by atoms with Crippen LogP contribution in [0.3, 0.4) is 0 Å². The van der Waals surface area contributed by atoms with Crippen LogP contribution in [0.2, 0.25) is 0 Å². The standard InChI is InChI=1S/C28H38N4O4/c1-21-9-13-32(14-10-21)26-8-7-23(30-27(33)22-5-3-6-24(19-22)35-2)20-25(26)28(34)29-11-4-12-31-15-17-36-18-16-31/h3,5-8,19-21H,4,9-18H2,1-2H3,(H,29,34)(H,30,33). The SMILES string of the molecule is COc1cccc(C(=O)Nc2ccc(N3CCC(C)CC3)c(C(=O)NCCCN3CCOCC3)c2)c1. The molecule has 0 aromatic heterocycles. The van der Waals surface area contributed by atoms with Crippen molar-refractivity contribution in [3.63, 3.8) is 0 Å². The monoisotopic (exact) mass is 494 g/mol. The van der Waals surface area contributed by atoms with Crippen molar-refractivity contribution in [3.05, 3.63) is 53.6 Å². The molecule has 2 heterocycles. The smallest absolute Gasteiger partial charge is 0.255 e. The number of hydrogen-bond acceptors (Lipinski definition) is 6. The Balaban J connectivity index is 1.45. The molecule has 0 aliphatic carbocycles. The van der Waals surface area contributed by atoms with E-state index in [0.29, 0.717) is 35.0 Å². The fourth-order valence-electron chi connectivity index (χ4n) is 4.71. The molecule has 2 aromatic carbocycles. The summed E-state index contributed by atoms with van der Waals surface area (Å²) in [7, 11) is 1.57. The number of benzene rings is 2. The van der Waals surface area contributed by atoms with Gasteiger partial charge in [0.2, 0.25) is 0 Å². The summed E-state index contributed by atoms with van der Waals surface area (Å²) in [5, 5.41) is 6.04. The minimum atomic E-state index is -0.245. The molecular weight excluding hydrogens is 456 g/mol. The van der Waals surface area contributed by atoms with Crippen molar-refractivity contribution in [1.29, 1.82) is 0 Å². The van der Waals surface area contributed by atoms with Crippen LogP contribution >= 0.6 is 0 Å². The third-order valence-corrected chi connectivity index (χ3v) is 7.00. The second kappa shape index (κ2) is 12.7. The fourth-order valence-corrected chi connectivity index (χ4v) is 4.71. The molecule has 8 nitrogen and oxygen atoms in total. The van der Waals surface area contributed by atoms with Crippen LogP contribution in [0.4, 0.5) is 11.4 Å². The van der Waals surface area contributed by atoms with E-state index in [9.17, 15) is 9.59 Å². The lowest BCUT2D eigenvalue weighted by atomic mass is 9.97. The summed E-state index contributed by atoms with van der Waals surface area (Å²) in [6.45, 7) is 9.11. The molecule has 2 fully saturated rings. The number of ether oxygens (including phenoxy) is 2. The first-order chi connectivity index (χ1) is 17.5. The minimum absolute atomic E-state index is 0.108. The van der Waals surface area contributed by atoms with Crippen LogP contribution in [0.15, 0.2) is 42.5 Å². The molecule has 36 heavy (non-hydrogen) atoms. The Bertz CT molecular complexity index is 1030. The van der Waals surface area contributed by atoms with Gasteiger partial charge in [-0.25, -0.2) is 0 Å². The third kappa shape index (κ3) is 6.98. The molecule has 0 unspecified atom stereocenters. The Morgan fingerprint density at radius 1 is 1.03 bits per heavy atom. The van der Waals surface area contributed by atoms with Crippen molar-refractivity contribution >= 4 is 23.2 Å². The number of hydrogen-bond donors (Lipinski definition) is 2. The molecule has 0 bridgehead atoms. The summed E-state index contributed by atoms with van der Waals surface area (Å²) in [6.07, 6.45) is 3.10. The van der Waals surface area contributed by atoms with E-state index in [2.05, 4.69) is 27.4 Å². The number of anilines is 2. The molecule has 0 saturated carbocycles. The lowest BCUT2D eigenvalue weighted by Crippen LogP contribution is -2.38. The highest BCUT2D eigenvalue weighted by molar-refractivity contribution is 6.06. The number of carbonyl (C=O) groups excluding carboxylic acids is 2. The van der Waals surface area contributed by atoms with Crippen molar-refractivity contribution in [2.75, 3.05) is 69.8 Å². The first-order valence-electron chi connectivity index (χ1n) is 13.0. The lowest BCUT2D eigenvalue weighted by molar-refractivity contribution is 0.0374. The minimum Gasteiger partial charge on any atom is -0.497 e. The van der Waals surface area contributed by atoms with Gasteiger partial charge in [0.1, 0.15) is 5.75 Å². The van der Waals surface area contributed by atoms with E-state index in [4.69, 9.17) is 9.47 Å². The highest BCUT2D eigenvalue weighted by atomic mass is 16.5. The Morgan fingerprint density at radius 3 is 2.56 bits per heavy atom. The largest absolute Gasteiger partial charge is 0.497 e. The summed E-state index contributed by atoms with van der Waals surface area (Å²) in [4.78, 5) is 30.8. The maximum Gasteiger partial charge on any atom is 0.255 e. The van der Waals surface area contributed by atoms with E-state index in [0.717, 1.165) is 70.9 Å². The average Bonchev–Trinajstić information content (AvgIpc) is 2.92. The van der Waals surface area contributed by atoms with Crippen LogP contribution in [0.5, 0.6) is 5.75 Å². The predicted octanol–water partition coefficient (Wildman–Crippen LogP) is 3.64. The molecule has 2 N–H and O–H groups in total. The molecule has 2 saturated heterocycles. The van der Waals surface area contributed by atoms with Crippen LogP contribution in [0.1, 0.15) is 46.9 Å². The maximum absolute atomic E-state index is 13.3. The molecule has 2 aromatic rings. The number of piperidine rings is 1. The summed E-state index contributed by atoms with van der Waals surface area (Å²) in [5.41, 5.74) is 2.61. The van der Waals surface area contributed by atoms with Crippen LogP contribution in [0.25, 0.3) is 0 Å². The zero-order chi connectivity index (χ0) is 25.3. The Labute approximate surface area is 213 Å². The van der Waals surface area contributed by atoms with Gasteiger partial charge in [-0.1, -0.05) is 13.0 Å². The molecule has 0 atom stereocenters. The van der Waals surface area contributed by atoms with E-state index in [1.165, 1.54) is 0 Å². The maximum atomic E-state index is 13.3. The number of nitrogens with zero attached hydrogens (tertiary/aromatic N) is 2. The van der Waals surface area contributed by atoms with Gasteiger partial charge in [0.05, 0.1) is 25.9 Å². The fraction of sp³-hybridized carbons (Fsp3) is 0.500. The van der Waals surface area contributed by atoms with Gasteiger partial charge >= 0.3 is 0 Å². The third-order valence-electron chi connectivity index (χ3n) is 7.00. The second-order valence-corrected chi connectivity index (χ2v) is 9.65. The highest BCUT2D eigenvalue weighted by Gasteiger charge is 2.22. The number of carbonyl (C=O) groups is 2. The Kier molecular flexibility index (Phi) is 9.19. The topological polar surface area (TPSA) is 83.1 Å². The van der Waals surface area contributed by atoms with Gasteiger partial charge in [-0.2, -0.15) is 0 Å². The molecule has 0 spiro atoms. The van der Waals surface area contributed by atoms with E-state index < -0.39 is 0 Å². The van der Waals surface area contributed by atoms with Crippen molar-refractivity contribution in [2.24, 2.45) is 5.92 Å². The van der Waals surface area contributed by atoms with E-state index >= 15 is 0 Å². The molecule has 0 radical (unpaired) electrons. The normalized spacial score (nSPS) is 17.0. The highest BCUT2D eigenvalue weighted by Crippen LogP contribution is 2.29. The van der Waals surface area contributed by atoms with Crippen LogP contribution in [-0.2, 0) is 4.74 Å². The molecule has 2 aliphatic heterocycles. The Hall–Kier alpha value is -3.10. The van der Waals surface area contributed by atoms with E-state index in [1.54, 1.807) is 37.4 Å². The number of nitrogens with one attached hydrogen (secondary N) is 2. The van der Waals surface area contributed by atoms with Crippen LogP contribution in [-0.4, -0.2) is 76.3 Å². The molecule has 4 rings (SSSR count). The lowest BCUT2D eigenvalue weighted by Gasteiger charge is -2.33. The number of morpholine rings is 1. The van der Waals surface area contributed by atoms with Crippen molar-refractivity contribution in [1.82, 2.24) is 10.2 Å². The van der Waals surface area contributed by atoms with Crippen LogP contribution in [0, 0.1) is 5.92 Å². The molecular formula is C28H38N4O4. The van der Waals surface area contributed by atoms with Gasteiger partial charge in [-0.3, -0.25) is 14.5 Å². The summed E-state index contributed by atoms with van der Waals surface area (Å²) in [6, 6.07) is 12.6. The zero-order valence-electron chi connectivity index (χ0n) is 21.4. The quantitative estimate of drug-likeness (QED) is 0.518. The van der Waals surface area contributed by atoms with Crippen molar-refractivity contribution in [3.8, 4) is 5.75 Å². The average molecular weight is 495 g/mol. The zero-order valence-corrected chi connectivity index (χ0v) is 21.4. The van der Waals surface area contributed by atoms with Gasteiger partial charge < -0.3 is 25.0 Å². The summed E-state index contributed by atoms with van der Waals surface area (Å²) >= 11 is 0. The first kappa shape index (κ1) is 26.0. The molecule has 2 amide bonds. The van der Waals surface area contributed by atoms with Crippen molar-refractivity contribution < 1.29 is 19.1 Å². The van der Waals surface area contributed by atoms with Gasteiger partial charge in [0, 0.05) is 49.7 Å².